The Morgan fingerprint density at radius 3 is 2.68 bits per heavy atom. The zero-order chi connectivity index (χ0) is 13.8. The third kappa shape index (κ3) is 3.34. The quantitative estimate of drug-likeness (QED) is 0.670. The van der Waals surface area contributed by atoms with Crippen molar-refractivity contribution in [1.29, 1.82) is 0 Å². The molecule has 1 heterocycles. The number of pyridine rings is 1. The molecular formula is C13H12BrF2N3. The maximum atomic E-state index is 13.8. The normalized spacial score (nSPS) is 12.4. The van der Waals surface area contributed by atoms with Gasteiger partial charge in [-0.25, -0.2) is 8.78 Å². The number of nitrogens with two attached hydrogens (primary N) is 1. The predicted octanol–water partition coefficient (Wildman–Crippen LogP) is 2.87. The van der Waals surface area contributed by atoms with E-state index >= 15 is 0 Å². The van der Waals surface area contributed by atoms with E-state index in [2.05, 4.69) is 26.3 Å². The molecule has 0 bridgehead atoms. The van der Waals surface area contributed by atoms with E-state index < -0.39 is 11.9 Å². The molecule has 1 unspecified atom stereocenters. The summed E-state index contributed by atoms with van der Waals surface area (Å²) in [6.45, 7) is 0. The van der Waals surface area contributed by atoms with Crippen molar-refractivity contribution in [2.75, 3.05) is 0 Å². The molecule has 0 aliphatic carbocycles. The van der Waals surface area contributed by atoms with Crippen LogP contribution in [0.4, 0.5) is 8.78 Å². The van der Waals surface area contributed by atoms with Crippen LogP contribution in [0.15, 0.2) is 41.1 Å². The SMILES string of the molecule is NNC(Cc1ccc(Br)cc1F)c1ccncc1F. The third-order valence-electron chi connectivity index (χ3n) is 2.82. The number of rotatable bonds is 4. The third-order valence-corrected chi connectivity index (χ3v) is 3.31. The smallest absolute Gasteiger partial charge is 0.146 e. The topological polar surface area (TPSA) is 50.9 Å². The first-order chi connectivity index (χ1) is 9.11. The van der Waals surface area contributed by atoms with Crippen LogP contribution in [0.3, 0.4) is 0 Å². The maximum absolute atomic E-state index is 13.8. The van der Waals surface area contributed by atoms with E-state index in [1.54, 1.807) is 12.1 Å². The minimum absolute atomic E-state index is 0.247. The number of hydrogen-bond donors (Lipinski definition) is 2. The predicted molar refractivity (Wildman–Crippen MR) is 72.1 cm³/mol. The van der Waals surface area contributed by atoms with E-state index in [4.69, 9.17) is 5.84 Å². The number of hydrogen-bond acceptors (Lipinski definition) is 3. The molecule has 0 aliphatic rings. The van der Waals surface area contributed by atoms with E-state index in [1.807, 2.05) is 0 Å². The van der Waals surface area contributed by atoms with Crippen LogP contribution in [-0.4, -0.2) is 4.98 Å². The molecule has 0 spiro atoms. The summed E-state index contributed by atoms with van der Waals surface area (Å²) in [4.78, 5) is 3.67. The van der Waals surface area contributed by atoms with Gasteiger partial charge in [-0.2, -0.15) is 0 Å². The van der Waals surface area contributed by atoms with Gasteiger partial charge in [0, 0.05) is 16.2 Å². The fourth-order valence-electron chi connectivity index (χ4n) is 1.83. The number of aromatic nitrogens is 1. The average molecular weight is 328 g/mol. The van der Waals surface area contributed by atoms with Crippen molar-refractivity contribution < 1.29 is 8.78 Å². The monoisotopic (exact) mass is 327 g/mol. The Balaban J connectivity index is 2.27. The van der Waals surface area contributed by atoms with Crippen LogP contribution in [0.5, 0.6) is 0 Å². The highest BCUT2D eigenvalue weighted by atomic mass is 79.9. The summed E-state index contributed by atoms with van der Waals surface area (Å²) < 4.78 is 28.0. The van der Waals surface area contributed by atoms with Crippen LogP contribution in [0.2, 0.25) is 0 Å². The summed E-state index contributed by atoms with van der Waals surface area (Å²) in [5, 5.41) is 0. The van der Waals surface area contributed by atoms with Crippen LogP contribution < -0.4 is 11.3 Å². The molecule has 19 heavy (non-hydrogen) atoms. The summed E-state index contributed by atoms with van der Waals surface area (Å²) in [5.74, 6) is 4.61. The molecule has 2 aromatic rings. The van der Waals surface area contributed by atoms with Crippen LogP contribution in [0.25, 0.3) is 0 Å². The molecule has 1 aromatic carbocycles. The van der Waals surface area contributed by atoms with Gasteiger partial charge < -0.3 is 0 Å². The van der Waals surface area contributed by atoms with Gasteiger partial charge in [-0.15, -0.1) is 0 Å². The molecule has 2 rings (SSSR count). The fourth-order valence-corrected chi connectivity index (χ4v) is 2.17. The van der Waals surface area contributed by atoms with Gasteiger partial charge in [0.05, 0.1) is 12.2 Å². The molecular weight excluding hydrogens is 316 g/mol. The molecule has 1 aromatic heterocycles. The first-order valence-corrected chi connectivity index (χ1v) is 6.40. The molecule has 3 nitrogen and oxygen atoms in total. The number of nitrogens with zero attached hydrogens (tertiary/aromatic N) is 1. The summed E-state index contributed by atoms with van der Waals surface area (Å²) in [7, 11) is 0. The van der Waals surface area contributed by atoms with Crippen molar-refractivity contribution in [1.82, 2.24) is 10.4 Å². The highest BCUT2D eigenvalue weighted by Gasteiger charge is 2.16. The van der Waals surface area contributed by atoms with Crippen molar-refractivity contribution in [3.63, 3.8) is 0 Å². The molecule has 0 saturated heterocycles. The zero-order valence-electron chi connectivity index (χ0n) is 9.91. The Hall–Kier alpha value is -1.37. The van der Waals surface area contributed by atoms with Gasteiger partial charge in [-0.1, -0.05) is 22.0 Å². The van der Waals surface area contributed by atoms with Gasteiger partial charge >= 0.3 is 0 Å². The van der Waals surface area contributed by atoms with Crippen molar-refractivity contribution in [3.05, 3.63) is 63.9 Å². The van der Waals surface area contributed by atoms with E-state index in [0.717, 1.165) is 6.20 Å². The average Bonchev–Trinajstić information content (AvgIpc) is 2.39. The summed E-state index contributed by atoms with van der Waals surface area (Å²) in [6, 6.07) is 5.75. The Kier molecular flexibility index (Phi) is 4.57. The van der Waals surface area contributed by atoms with Gasteiger partial charge in [-0.05, 0) is 30.2 Å². The van der Waals surface area contributed by atoms with Crippen molar-refractivity contribution >= 4 is 15.9 Å². The zero-order valence-corrected chi connectivity index (χ0v) is 11.5. The van der Waals surface area contributed by atoms with E-state index in [9.17, 15) is 8.78 Å². The second kappa shape index (κ2) is 6.18. The van der Waals surface area contributed by atoms with E-state index in [0.29, 0.717) is 15.6 Å². The van der Waals surface area contributed by atoms with Crippen molar-refractivity contribution in [2.45, 2.75) is 12.5 Å². The molecule has 0 fully saturated rings. The Bertz CT molecular complexity index is 578. The Morgan fingerprint density at radius 1 is 1.26 bits per heavy atom. The number of benzene rings is 1. The second-order valence-electron chi connectivity index (χ2n) is 4.06. The first kappa shape index (κ1) is 14.0. The van der Waals surface area contributed by atoms with Crippen molar-refractivity contribution in [3.8, 4) is 0 Å². The highest BCUT2D eigenvalue weighted by molar-refractivity contribution is 9.10. The minimum atomic E-state index is -0.515. The van der Waals surface area contributed by atoms with E-state index in [-0.39, 0.29) is 12.2 Å². The molecule has 0 amide bonds. The summed E-state index contributed by atoms with van der Waals surface area (Å²) in [6.07, 6.45) is 2.83. The van der Waals surface area contributed by atoms with Crippen LogP contribution in [-0.2, 0) is 6.42 Å². The maximum Gasteiger partial charge on any atom is 0.146 e. The van der Waals surface area contributed by atoms with Crippen LogP contribution >= 0.6 is 15.9 Å². The number of halogens is 3. The van der Waals surface area contributed by atoms with Crippen LogP contribution in [0, 0.1) is 11.6 Å². The van der Waals surface area contributed by atoms with Gasteiger partial charge in [0.2, 0.25) is 0 Å². The molecule has 0 radical (unpaired) electrons. The largest absolute Gasteiger partial charge is 0.271 e. The van der Waals surface area contributed by atoms with Gasteiger partial charge in [0.1, 0.15) is 11.6 Å². The highest BCUT2D eigenvalue weighted by Crippen LogP contribution is 2.23. The number of hydrazine groups is 1. The van der Waals surface area contributed by atoms with Gasteiger partial charge in [0.15, 0.2) is 0 Å². The Labute approximate surface area is 117 Å². The lowest BCUT2D eigenvalue weighted by Crippen LogP contribution is -2.30. The lowest BCUT2D eigenvalue weighted by Gasteiger charge is -2.17. The first-order valence-electron chi connectivity index (χ1n) is 5.61. The lowest BCUT2D eigenvalue weighted by molar-refractivity contribution is 0.496. The molecule has 100 valence electrons. The summed E-state index contributed by atoms with van der Waals surface area (Å²) >= 11 is 3.19. The molecule has 0 saturated carbocycles. The molecule has 1 atom stereocenters. The minimum Gasteiger partial charge on any atom is -0.271 e. The van der Waals surface area contributed by atoms with E-state index in [1.165, 1.54) is 18.3 Å². The second-order valence-corrected chi connectivity index (χ2v) is 4.97. The van der Waals surface area contributed by atoms with Gasteiger partial charge in [-0.3, -0.25) is 16.3 Å². The summed E-state index contributed by atoms with van der Waals surface area (Å²) in [5.41, 5.74) is 3.32. The Morgan fingerprint density at radius 2 is 2.05 bits per heavy atom. The van der Waals surface area contributed by atoms with Gasteiger partial charge in [0.25, 0.3) is 0 Å². The fraction of sp³-hybridized carbons (Fsp3) is 0.154. The van der Waals surface area contributed by atoms with Crippen LogP contribution in [0.1, 0.15) is 17.2 Å². The lowest BCUT2D eigenvalue weighted by atomic mass is 9.99. The number of nitrogens with one attached hydrogen (secondary N) is 1. The van der Waals surface area contributed by atoms with Crippen molar-refractivity contribution in [2.24, 2.45) is 5.84 Å². The molecule has 6 heteroatoms. The molecule has 0 aliphatic heterocycles. The molecule has 3 N–H and O–H groups in total. The standard InChI is InChI=1S/C13H12BrF2N3/c14-9-2-1-8(11(15)6-9)5-13(19-17)10-3-4-18-7-12(10)16/h1-4,6-7,13,19H,5,17H2.